The molecule has 8 heteroatoms. The molecule has 1 N–H and O–H groups in total. The predicted octanol–water partition coefficient (Wildman–Crippen LogP) is 14.3. The highest BCUT2D eigenvalue weighted by molar-refractivity contribution is 5.72. The molecule has 0 fully saturated rings. The van der Waals surface area contributed by atoms with Gasteiger partial charge in [0.2, 0.25) is 0 Å². The van der Waals surface area contributed by atoms with Crippen LogP contribution >= 0.6 is 0 Å². The molecule has 59 heavy (non-hydrogen) atoms. The fourth-order valence-electron chi connectivity index (χ4n) is 7.74. The van der Waals surface area contributed by atoms with Crippen molar-refractivity contribution in [3.8, 4) is 0 Å². The van der Waals surface area contributed by atoms with Gasteiger partial charge in [-0.15, -0.1) is 0 Å². The van der Waals surface area contributed by atoms with Crippen LogP contribution in [0.25, 0.3) is 0 Å². The first kappa shape index (κ1) is 57.1. The lowest BCUT2D eigenvalue weighted by Crippen LogP contribution is -2.50. The summed E-state index contributed by atoms with van der Waals surface area (Å²) in [6.45, 7) is 4.78. The molecular weight excluding hydrogens is 739 g/mol. The lowest BCUT2D eigenvalue weighted by Gasteiger charge is -2.31. The second-order valence-electron chi connectivity index (χ2n) is 18.4. The van der Waals surface area contributed by atoms with Crippen LogP contribution in [0, 0.1) is 0 Å². The summed E-state index contributed by atoms with van der Waals surface area (Å²) in [5.41, 5.74) is 0. The van der Waals surface area contributed by atoms with E-state index in [1.165, 1.54) is 173 Å². The van der Waals surface area contributed by atoms with Gasteiger partial charge >= 0.3 is 17.9 Å². The standard InChI is InChI=1S/C51H97NO7/c1-6-8-10-12-14-16-18-20-22-23-24-25-26-28-30-32-34-36-38-40-42-50(54)59-47(45-57-44-43-48(51(55)56)52(3,4)5)46-58-49(53)41-39-37-35-33-31-29-27-21-19-17-15-13-11-9-7-2/h24-25,47-48H,6-23,26-46H2,1-5H3/p+1/b25-24+. The van der Waals surface area contributed by atoms with Gasteiger partial charge in [-0.05, 0) is 38.5 Å². The Morgan fingerprint density at radius 2 is 0.847 bits per heavy atom. The molecule has 2 unspecified atom stereocenters. The number of carbonyl (C=O) groups is 3. The van der Waals surface area contributed by atoms with Gasteiger partial charge in [-0.2, -0.15) is 0 Å². The number of hydrogen-bond acceptors (Lipinski definition) is 6. The number of ether oxygens (including phenoxy) is 3. The maximum Gasteiger partial charge on any atom is 0.362 e. The van der Waals surface area contributed by atoms with E-state index in [-0.39, 0.29) is 36.2 Å². The maximum absolute atomic E-state index is 12.8. The van der Waals surface area contributed by atoms with Crippen LogP contribution in [0.15, 0.2) is 12.2 Å². The molecule has 0 aromatic carbocycles. The minimum atomic E-state index is -0.872. The number of likely N-dealkylation sites (N-methyl/N-ethyl adjacent to an activating group) is 1. The van der Waals surface area contributed by atoms with E-state index in [0.29, 0.717) is 19.3 Å². The first-order valence-corrected chi connectivity index (χ1v) is 25.2. The van der Waals surface area contributed by atoms with Crippen LogP contribution in [-0.4, -0.2) is 80.6 Å². The molecule has 0 rings (SSSR count). The van der Waals surface area contributed by atoms with Crippen molar-refractivity contribution in [1.82, 2.24) is 0 Å². The van der Waals surface area contributed by atoms with E-state index in [1.54, 1.807) is 0 Å². The van der Waals surface area contributed by atoms with Gasteiger partial charge in [0.05, 0.1) is 34.4 Å². The lowest BCUT2D eigenvalue weighted by atomic mass is 10.0. The number of quaternary nitrogens is 1. The molecule has 0 amide bonds. The van der Waals surface area contributed by atoms with E-state index in [9.17, 15) is 19.5 Å². The van der Waals surface area contributed by atoms with Crippen molar-refractivity contribution in [3.63, 3.8) is 0 Å². The number of allylic oxidation sites excluding steroid dienone is 2. The largest absolute Gasteiger partial charge is 0.477 e. The Labute approximate surface area is 365 Å². The Hall–Kier alpha value is -1.93. The molecule has 0 radical (unpaired) electrons. The smallest absolute Gasteiger partial charge is 0.362 e. The molecule has 0 saturated carbocycles. The zero-order chi connectivity index (χ0) is 43.5. The van der Waals surface area contributed by atoms with Gasteiger partial charge in [-0.25, -0.2) is 4.79 Å². The van der Waals surface area contributed by atoms with E-state index in [4.69, 9.17) is 14.2 Å². The summed E-state index contributed by atoms with van der Waals surface area (Å²) >= 11 is 0. The Morgan fingerprint density at radius 1 is 0.492 bits per heavy atom. The highest BCUT2D eigenvalue weighted by Gasteiger charge is 2.31. The van der Waals surface area contributed by atoms with Gasteiger partial charge in [0.25, 0.3) is 0 Å². The monoisotopic (exact) mass is 837 g/mol. The van der Waals surface area contributed by atoms with Crippen LogP contribution in [0.1, 0.15) is 245 Å². The predicted molar refractivity (Wildman–Crippen MR) is 248 cm³/mol. The van der Waals surface area contributed by atoms with Gasteiger partial charge < -0.3 is 23.8 Å². The molecule has 0 spiro atoms. The Morgan fingerprint density at radius 3 is 1.22 bits per heavy atom. The summed E-state index contributed by atoms with van der Waals surface area (Å²) in [6.07, 6.45) is 46.8. The van der Waals surface area contributed by atoms with Crippen molar-refractivity contribution in [1.29, 1.82) is 0 Å². The number of hydrogen-bond donors (Lipinski definition) is 1. The Kier molecular flexibility index (Phi) is 41.3. The van der Waals surface area contributed by atoms with Crippen molar-refractivity contribution in [2.75, 3.05) is 41.0 Å². The molecule has 0 aromatic rings. The van der Waals surface area contributed by atoms with Gasteiger partial charge in [0, 0.05) is 19.3 Å². The Balaban J connectivity index is 4.23. The number of nitrogens with zero attached hydrogens (tertiary/aromatic N) is 1. The molecular formula is C51H98NO7+. The molecule has 8 nitrogen and oxygen atoms in total. The quantitative estimate of drug-likeness (QED) is 0.0282. The zero-order valence-electron chi connectivity index (χ0n) is 39.7. The van der Waals surface area contributed by atoms with Gasteiger partial charge in [-0.3, -0.25) is 9.59 Å². The number of unbranched alkanes of at least 4 members (excludes halogenated alkanes) is 30. The van der Waals surface area contributed by atoms with E-state index in [2.05, 4.69) is 26.0 Å². The molecule has 0 aromatic heterocycles. The van der Waals surface area contributed by atoms with Crippen LogP contribution in [0.3, 0.4) is 0 Å². The Bertz CT molecular complexity index is 978. The van der Waals surface area contributed by atoms with Crippen molar-refractivity contribution in [3.05, 3.63) is 12.2 Å². The topological polar surface area (TPSA) is 99.1 Å². The maximum atomic E-state index is 12.8. The molecule has 0 aliphatic heterocycles. The summed E-state index contributed by atoms with van der Waals surface area (Å²) in [4.78, 5) is 37.1. The third-order valence-corrected chi connectivity index (χ3v) is 11.7. The minimum absolute atomic E-state index is 0.0462. The average molecular weight is 837 g/mol. The minimum Gasteiger partial charge on any atom is -0.477 e. The lowest BCUT2D eigenvalue weighted by molar-refractivity contribution is -0.887. The molecule has 0 aliphatic rings. The van der Waals surface area contributed by atoms with Crippen LogP contribution < -0.4 is 0 Å². The van der Waals surface area contributed by atoms with E-state index in [0.717, 1.165) is 38.5 Å². The summed E-state index contributed by atoms with van der Waals surface area (Å²) in [5.74, 6) is -1.45. The highest BCUT2D eigenvalue weighted by Crippen LogP contribution is 2.16. The number of esters is 2. The van der Waals surface area contributed by atoms with E-state index < -0.39 is 18.1 Å². The van der Waals surface area contributed by atoms with E-state index in [1.807, 2.05) is 21.1 Å². The van der Waals surface area contributed by atoms with E-state index >= 15 is 0 Å². The number of carboxylic acids is 1. The summed E-state index contributed by atoms with van der Waals surface area (Å²) in [7, 11) is 5.54. The highest BCUT2D eigenvalue weighted by atomic mass is 16.6. The first-order valence-electron chi connectivity index (χ1n) is 25.2. The van der Waals surface area contributed by atoms with Crippen LogP contribution in [0.5, 0.6) is 0 Å². The van der Waals surface area contributed by atoms with Gasteiger partial charge in [0.15, 0.2) is 12.1 Å². The van der Waals surface area contributed by atoms with Crippen LogP contribution in [-0.2, 0) is 28.6 Å². The SMILES string of the molecule is CCCCCCCCCCC/C=C/CCCCCCCCCC(=O)OC(COCCC(C(=O)O)[N+](C)(C)C)COC(=O)CCCCCCCCCCCCCCCCC. The average Bonchev–Trinajstić information content (AvgIpc) is 3.19. The van der Waals surface area contributed by atoms with Crippen LogP contribution in [0.2, 0.25) is 0 Å². The summed E-state index contributed by atoms with van der Waals surface area (Å²) in [5, 5.41) is 9.64. The second-order valence-corrected chi connectivity index (χ2v) is 18.4. The number of aliphatic carboxylic acids is 1. The summed E-state index contributed by atoms with van der Waals surface area (Å²) in [6, 6.07) is -0.611. The van der Waals surface area contributed by atoms with Gasteiger partial charge in [0.1, 0.15) is 6.61 Å². The number of carbonyl (C=O) groups excluding carboxylic acids is 2. The number of rotatable bonds is 46. The fourth-order valence-corrected chi connectivity index (χ4v) is 7.74. The van der Waals surface area contributed by atoms with Crippen molar-refractivity contribution in [2.24, 2.45) is 0 Å². The molecule has 348 valence electrons. The van der Waals surface area contributed by atoms with Crippen molar-refractivity contribution in [2.45, 2.75) is 257 Å². The second kappa shape index (κ2) is 42.7. The first-order chi connectivity index (χ1) is 28.6. The molecule has 0 bridgehead atoms. The molecule has 0 aliphatic carbocycles. The molecule has 0 saturated heterocycles. The van der Waals surface area contributed by atoms with Crippen molar-refractivity contribution >= 4 is 17.9 Å². The normalized spacial score (nSPS) is 12.9. The number of carboxylic acid groups (broad SMARTS) is 1. The summed E-state index contributed by atoms with van der Waals surface area (Å²) < 4.78 is 17.4. The van der Waals surface area contributed by atoms with Crippen LogP contribution in [0.4, 0.5) is 0 Å². The van der Waals surface area contributed by atoms with Crippen molar-refractivity contribution < 1.29 is 38.2 Å². The fraction of sp³-hybridized carbons (Fsp3) is 0.902. The zero-order valence-corrected chi connectivity index (χ0v) is 39.7. The van der Waals surface area contributed by atoms with Gasteiger partial charge in [-0.1, -0.05) is 199 Å². The molecule has 2 atom stereocenters. The third-order valence-electron chi connectivity index (χ3n) is 11.7. The molecule has 0 heterocycles. The third kappa shape index (κ3) is 41.2.